The molecule has 0 radical (unpaired) electrons. The average Bonchev–Trinajstić information content (AvgIpc) is 2.29. The molecule has 0 bridgehead atoms. The quantitative estimate of drug-likeness (QED) is 0.793. The summed E-state index contributed by atoms with van der Waals surface area (Å²) in [5.41, 5.74) is 1.04. The summed E-state index contributed by atoms with van der Waals surface area (Å²) in [6.45, 7) is 1.91. The summed E-state index contributed by atoms with van der Waals surface area (Å²) < 4.78 is 0. The first-order valence-corrected chi connectivity index (χ1v) is 5.65. The van der Waals surface area contributed by atoms with E-state index in [-0.39, 0.29) is 24.8 Å². The van der Waals surface area contributed by atoms with Gasteiger partial charge >= 0.3 is 5.97 Å². The van der Waals surface area contributed by atoms with Gasteiger partial charge in [0.2, 0.25) is 5.91 Å². The van der Waals surface area contributed by atoms with Gasteiger partial charge in [0.1, 0.15) is 0 Å². The van der Waals surface area contributed by atoms with Gasteiger partial charge in [-0.3, -0.25) is 9.59 Å². The van der Waals surface area contributed by atoms with E-state index in [0.717, 1.165) is 5.56 Å². The highest BCUT2D eigenvalue weighted by Crippen LogP contribution is 2.11. The minimum Gasteiger partial charge on any atom is -0.481 e. The molecule has 0 aliphatic heterocycles. The lowest BCUT2D eigenvalue weighted by Crippen LogP contribution is -2.26. The third-order valence-corrected chi connectivity index (χ3v) is 2.47. The number of hydrogen-bond acceptors (Lipinski definition) is 2. The van der Waals surface area contributed by atoms with E-state index in [4.69, 9.17) is 5.11 Å². The van der Waals surface area contributed by atoms with Gasteiger partial charge in [-0.05, 0) is 18.9 Å². The Balaban J connectivity index is 2.34. The van der Waals surface area contributed by atoms with Crippen LogP contribution in [-0.2, 0) is 9.59 Å². The Hall–Kier alpha value is -1.84. The van der Waals surface area contributed by atoms with Crippen LogP contribution in [0.2, 0.25) is 0 Å². The highest BCUT2D eigenvalue weighted by Gasteiger charge is 2.09. The molecule has 1 amide bonds. The molecule has 17 heavy (non-hydrogen) atoms. The standard InChI is InChI=1S/C13H17NO3/c1-10(11-6-3-2-4-7-11)14-12(15)8-5-9-13(16)17/h2-4,6-7,10H,5,8-9H2,1H3,(H,14,15)(H,16,17)/t10-/m0/s1. The first kappa shape index (κ1) is 13.2. The summed E-state index contributed by atoms with van der Waals surface area (Å²) in [6, 6.07) is 9.61. The number of hydrogen-bond donors (Lipinski definition) is 2. The van der Waals surface area contributed by atoms with Crippen LogP contribution in [0.1, 0.15) is 37.8 Å². The molecule has 4 nitrogen and oxygen atoms in total. The van der Waals surface area contributed by atoms with Gasteiger partial charge in [-0.15, -0.1) is 0 Å². The maximum absolute atomic E-state index is 11.5. The number of carboxylic acids is 1. The van der Waals surface area contributed by atoms with Crippen molar-refractivity contribution in [1.29, 1.82) is 0 Å². The molecule has 0 aliphatic rings. The predicted molar refractivity (Wildman–Crippen MR) is 64.5 cm³/mol. The van der Waals surface area contributed by atoms with Crippen molar-refractivity contribution >= 4 is 11.9 Å². The molecular formula is C13H17NO3. The molecule has 1 aromatic rings. The van der Waals surface area contributed by atoms with Crippen molar-refractivity contribution in [2.75, 3.05) is 0 Å². The Bertz CT molecular complexity index is 376. The van der Waals surface area contributed by atoms with E-state index in [2.05, 4.69) is 5.32 Å². The molecule has 1 atom stereocenters. The lowest BCUT2D eigenvalue weighted by atomic mass is 10.1. The first-order chi connectivity index (χ1) is 8.09. The van der Waals surface area contributed by atoms with Gasteiger partial charge in [-0.25, -0.2) is 0 Å². The molecule has 0 fully saturated rings. The van der Waals surface area contributed by atoms with E-state index < -0.39 is 5.97 Å². The van der Waals surface area contributed by atoms with Crippen LogP contribution in [0.4, 0.5) is 0 Å². The molecule has 0 heterocycles. The Kier molecular flexibility index (Phi) is 5.20. The Labute approximate surface area is 101 Å². The van der Waals surface area contributed by atoms with Gasteiger partial charge < -0.3 is 10.4 Å². The predicted octanol–water partition coefficient (Wildman–Crippen LogP) is 2.12. The minimum atomic E-state index is -0.867. The van der Waals surface area contributed by atoms with Crippen molar-refractivity contribution in [3.63, 3.8) is 0 Å². The number of nitrogens with one attached hydrogen (secondary N) is 1. The van der Waals surface area contributed by atoms with E-state index in [1.165, 1.54) is 0 Å². The zero-order chi connectivity index (χ0) is 12.7. The highest BCUT2D eigenvalue weighted by molar-refractivity contribution is 5.77. The number of aliphatic carboxylic acids is 1. The van der Waals surface area contributed by atoms with E-state index in [1.807, 2.05) is 37.3 Å². The maximum atomic E-state index is 11.5. The van der Waals surface area contributed by atoms with Crippen molar-refractivity contribution in [1.82, 2.24) is 5.32 Å². The molecule has 2 N–H and O–H groups in total. The Morgan fingerprint density at radius 1 is 1.24 bits per heavy atom. The van der Waals surface area contributed by atoms with E-state index >= 15 is 0 Å². The minimum absolute atomic E-state index is 0.0349. The Morgan fingerprint density at radius 2 is 1.88 bits per heavy atom. The lowest BCUT2D eigenvalue weighted by molar-refractivity contribution is -0.137. The summed E-state index contributed by atoms with van der Waals surface area (Å²) in [4.78, 5) is 21.8. The van der Waals surface area contributed by atoms with Crippen molar-refractivity contribution in [3.05, 3.63) is 35.9 Å². The van der Waals surface area contributed by atoms with Crippen LogP contribution in [-0.4, -0.2) is 17.0 Å². The molecular weight excluding hydrogens is 218 g/mol. The van der Waals surface area contributed by atoms with Gasteiger partial charge in [-0.1, -0.05) is 30.3 Å². The smallest absolute Gasteiger partial charge is 0.303 e. The zero-order valence-corrected chi connectivity index (χ0v) is 9.85. The van der Waals surface area contributed by atoms with Crippen LogP contribution < -0.4 is 5.32 Å². The molecule has 0 saturated carbocycles. The molecule has 0 spiro atoms. The van der Waals surface area contributed by atoms with Crippen LogP contribution in [0.5, 0.6) is 0 Å². The van der Waals surface area contributed by atoms with Crippen LogP contribution in [0.15, 0.2) is 30.3 Å². The van der Waals surface area contributed by atoms with Crippen molar-refractivity contribution in [2.45, 2.75) is 32.2 Å². The number of carboxylic acid groups (broad SMARTS) is 1. The van der Waals surface area contributed by atoms with Crippen molar-refractivity contribution < 1.29 is 14.7 Å². The number of carbonyl (C=O) groups excluding carboxylic acids is 1. The topological polar surface area (TPSA) is 66.4 Å². The Morgan fingerprint density at radius 3 is 2.47 bits per heavy atom. The van der Waals surface area contributed by atoms with Gasteiger partial charge in [0, 0.05) is 12.8 Å². The van der Waals surface area contributed by atoms with Crippen LogP contribution in [0.25, 0.3) is 0 Å². The van der Waals surface area contributed by atoms with Crippen molar-refractivity contribution in [3.8, 4) is 0 Å². The van der Waals surface area contributed by atoms with E-state index in [1.54, 1.807) is 0 Å². The third kappa shape index (κ3) is 5.15. The van der Waals surface area contributed by atoms with Crippen molar-refractivity contribution in [2.24, 2.45) is 0 Å². The van der Waals surface area contributed by atoms with Gasteiger partial charge in [0.15, 0.2) is 0 Å². The van der Waals surface area contributed by atoms with Crippen LogP contribution >= 0.6 is 0 Å². The normalized spacial score (nSPS) is 11.8. The summed E-state index contributed by atoms with van der Waals surface area (Å²) in [7, 11) is 0. The zero-order valence-electron chi connectivity index (χ0n) is 9.85. The summed E-state index contributed by atoms with van der Waals surface area (Å²) >= 11 is 0. The molecule has 0 unspecified atom stereocenters. The van der Waals surface area contributed by atoms with Gasteiger partial charge in [-0.2, -0.15) is 0 Å². The fraction of sp³-hybridized carbons (Fsp3) is 0.385. The summed E-state index contributed by atoms with van der Waals surface area (Å²) in [6.07, 6.45) is 0.666. The highest BCUT2D eigenvalue weighted by atomic mass is 16.4. The molecule has 1 rings (SSSR count). The number of amides is 1. The third-order valence-electron chi connectivity index (χ3n) is 2.47. The summed E-state index contributed by atoms with van der Waals surface area (Å²) in [5, 5.41) is 11.3. The molecule has 1 aromatic carbocycles. The maximum Gasteiger partial charge on any atom is 0.303 e. The number of benzene rings is 1. The van der Waals surface area contributed by atoms with Gasteiger partial charge in [0.25, 0.3) is 0 Å². The van der Waals surface area contributed by atoms with Crippen LogP contribution in [0, 0.1) is 0 Å². The number of rotatable bonds is 6. The average molecular weight is 235 g/mol. The van der Waals surface area contributed by atoms with Crippen LogP contribution in [0.3, 0.4) is 0 Å². The monoisotopic (exact) mass is 235 g/mol. The summed E-state index contributed by atoms with van der Waals surface area (Å²) in [5.74, 6) is -0.975. The largest absolute Gasteiger partial charge is 0.481 e. The lowest BCUT2D eigenvalue weighted by Gasteiger charge is -2.13. The van der Waals surface area contributed by atoms with E-state index in [9.17, 15) is 9.59 Å². The SMILES string of the molecule is C[C@H](NC(=O)CCCC(=O)O)c1ccccc1. The first-order valence-electron chi connectivity index (χ1n) is 5.65. The molecule has 0 aromatic heterocycles. The molecule has 0 aliphatic carbocycles. The molecule has 4 heteroatoms. The number of carbonyl (C=O) groups is 2. The second kappa shape index (κ2) is 6.68. The second-order valence-corrected chi connectivity index (χ2v) is 3.95. The fourth-order valence-electron chi connectivity index (χ4n) is 1.54. The van der Waals surface area contributed by atoms with Gasteiger partial charge in [0.05, 0.1) is 6.04 Å². The molecule has 0 saturated heterocycles. The fourth-order valence-corrected chi connectivity index (χ4v) is 1.54. The second-order valence-electron chi connectivity index (χ2n) is 3.95. The van der Waals surface area contributed by atoms with E-state index in [0.29, 0.717) is 6.42 Å². The molecule has 92 valence electrons.